The summed E-state index contributed by atoms with van der Waals surface area (Å²) in [5.41, 5.74) is 0. The first-order chi connectivity index (χ1) is 10.2. The second-order valence-electron chi connectivity index (χ2n) is 6.17. The van der Waals surface area contributed by atoms with Gasteiger partial charge in [0.2, 0.25) is 0 Å². The molecule has 0 spiro atoms. The van der Waals surface area contributed by atoms with E-state index in [1.54, 1.807) is 7.11 Å². The Kier molecular flexibility index (Phi) is 9.66. The minimum absolute atomic E-state index is 0. The molecule has 2 aliphatic rings. The van der Waals surface area contributed by atoms with Crippen LogP contribution in [0.4, 0.5) is 0 Å². The molecule has 1 heterocycles. The van der Waals surface area contributed by atoms with Gasteiger partial charge in [0.05, 0.1) is 6.10 Å². The number of nitrogens with zero attached hydrogens (tertiary/aromatic N) is 2. The van der Waals surface area contributed by atoms with Crippen molar-refractivity contribution < 1.29 is 9.47 Å². The van der Waals surface area contributed by atoms with Crippen LogP contribution in [0.15, 0.2) is 4.99 Å². The number of ether oxygens (including phenoxy) is 2. The van der Waals surface area contributed by atoms with Crippen molar-refractivity contribution in [3.63, 3.8) is 0 Å². The predicted octanol–water partition coefficient (Wildman–Crippen LogP) is 2.50. The molecule has 130 valence electrons. The van der Waals surface area contributed by atoms with Gasteiger partial charge in [-0.15, -0.1) is 24.0 Å². The first kappa shape index (κ1) is 20.0. The van der Waals surface area contributed by atoms with Crippen molar-refractivity contribution >= 4 is 29.9 Å². The second kappa shape index (κ2) is 10.6. The molecule has 1 N–H and O–H groups in total. The molecule has 2 atom stereocenters. The van der Waals surface area contributed by atoms with Gasteiger partial charge in [0.25, 0.3) is 0 Å². The highest BCUT2D eigenvalue weighted by atomic mass is 127. The molecule has 1 aliphatic heterocycles. The van der Waals surface area contributed by atoms with Crippen molar-refractivity contribution in [2.75, 3.05) is 40.0 Å². The topological polar surface area (TPSA) is 46.1 Å². The van der Waals surface area contributed by atoms with Gasteiger partial charge in [-0.3, -0.25) is 4.99 Å². The lowest BCUT2D eigenvalue weighted by molar-refractivity contribution is 0.00987. The predicted molar refractivity (Wildman–Crippen MR) is 101 cm³/mol. The number of halogens is 1. The van der Waals surface area contributed by atoms with Crippen LogP contribution < -0.4 is 5.32 Å². The zero-order chi connectivity index (χ0) is 15.1. The molecule has 1 saturated carbocycles. The van der Waals surface area contributed by atoms with Crippen LogP contribution in [0.2, 0.25) is 0 Å². The van der Waals surface area contributed by atoms with E-state index in [4.69, 9.17) is 9.47 Å². The Morgan fingerprint density at radius 2 is 1.95 bits per heavy atom. The Hall–Kier alpha value is -0.0800. The largest absolute Gasteiger partial charge is 0.385 e. The quantitative estimate of drug-likeness (QED) is 0.295. The van der Waals surface area contributed by atoms with Crippen molar-refractivity contribution in [1.82, 2.24) is 10.2 Å². The zero-order valence-electron chi connectivity index (χ0n) is 14.2. The number of piperidine rings is 1. The van der Waals surface area contributed by atoms with Gasteiger partial charge in [0.1, 0.15) is 0 Å². The van der Waals surface area contributed by atoms with E-state index in [-0.39, 0.29) is 24.0 Å². The minimum Gasteiger partial charge on any atom is -0.385 e. The summed E-state index contributed by atoms with van der Waals surface area (Å²) in [6.45, 7) is 8.92. The minimum atomic E-state index is 0. The molecule has 6 heteroatoms. The average molecular weight is 425 g/mol. The monoisotopic (exact) mass is 425 g/mol. The van der Waals surface area contributed by atoms with Gasteiger partial charge >= 0.3 is 0 Å². The van der Waals surface area contributed by atoms with E-state index >= 15 is 0 Å². The Labute approximate surface area is 152 Å². The molecule has 5 nitrogen and oxygen atoms in total. The van der Waals surface area contributed by atoms with Crippen molar-refractivity contribution in [3.8, 4) is 0 Å². The van der Waals surface area contributed by atoms with Crippen LogP contribution in [-0.2, 0) is 9.47 Å². The Balaban J connectivity index is 0.00000242. The van der Waals surface area contributed by atoms with Crippen LogP contribution in [0, 0.1) is 5.92 Å². The number of nitrogens with one attached hydrogen (secondary N) is 1. The maximum atomic E-state index is 5.92. The maximum Gasteiger partial charge on any atom is 0.194 e. The lowest BCUT2D eigenvalue weighted by Crippen LogP contribution is -2.48. The fourth-order valence-corrected chi connectivity index (χ4v) is 2.76. The van der Waals surface area contributed by atoms with Crippen LogP contribution >= 0.6 is 24.0 Å². The normalized spacial score (nSPS) is 25.8. The molecule has 1 saturated heterocycles. The van der Waals surface area contributed by atoms with E-state index in [9.17, 15) is 0 Å². The molecule has 1 aliphatic carbocycles. The number of hydrogen-bond donors (Lipinski definition) is 1. The first-order valence-corrected chi connectivity index (χ1v) is 8.41. The SMILES string of the molecule is CCN=C(NC1CC1C)N1CCC(OCCCOC)CC1.I. The van der Waals surface area contributed by atoms with Crippen molar-refractivity contribution in [3.05, 3.63) is 0 Å². The van der Waals surface area contributed by atoms with Gasteiger partial charge in [-0.1, -0.05) is 6.92 Å². The third kappa shape index (κ3) is 6.58. The third-order valence-electron chi connectivity index (χ3n) is 4.32. The van der Waals surface area contributed by atoms with Crippen molar-refractivity contribution in [2.24, 2.45) is 10.9 Å². The van der Waals surface area contributed by atoms with Crippen LogP contribution in [0.3, 0.4) is 0 Å². The second-order valence-corrected chi connectivity index (χ2v) is 6.17. The molecule has 0 aromatic rings. The summed E-state index contributed by atoms with van der Waals surface area (Å²) in [6.07, 6.45) is 4.86. The van der Waals surface area contributed by atoms with Gasteiger partial charge in [-0.25, -0.2) is 0 Å². The first-order valence-electron chi connectivity index (χ1n) is 8.41. The summed E-state index contributed by atoms with van der Waals surface area (Å²) in [5, 5.41) is 3.60. The fraction of sp³-hybridized carbons (Fsp3) is 0.938. The van der Waals surface area contributed by atoms with Gasteiger partial charge in [-0.2, -0.15) is 0 Å². The van der Waals surface area contributed by atoms with E-state index in [1.807, 2.05) is 0 Å². The summed E-state index contributed by atoms with van der Waals surface area (Å²) in [4.78, 5) is 7.04. The summed E-state index contributed by atoms with van der Waals surface area (Å²) in [6, 6.07) is 0.637. The number of rotatable bonds is 7. The highest BCUT2D eigenvalue weighted by Crippen LogP contribution is 2.29. The Bertz CT molecular complexity index is 333. The average Bonchev–Trinajstić information content (AvgIpc) is 3.19. The number of methoxy groups -OCH3 is 1. The van der Waals surface area contributed by atoms with Crippen LogP contribution in [0.1, 0.15) is 39.5 Å². The number of likely N-dealkylation sites (tertiary alicyclic amines) is 1. The van der Waals surface area contributed by atoms with E-state index in [0.29, 0.717) is 12.1 Å². The fourth-order valence-electron chi connectivity index (χ4n) is 2.76. The molecule has 0 bridgehead atoms. The molecule has 22 heavy (non-hydrogen) atoms. The zero-order valence-corrected chi connectivity index (χ0v) is 16.5. The number of hydrogen-bond acceptors (Lipinski definition) is 3. The van der Waals surface area contributed by atoms with Crippen molar-refractivity contribution in [2.45, 2.75) is 51.7 Å². The van der Waals surface area contributed by atoms with Crippen molar-refractivity contribution in [1.29, 1.82) is 0 Å². The maximum absolute atomic E-state index is 5.92. The van der Waals surface area contributed by atoms with Gasteiger partial charge in [0, 0.05) is 46.0 Å². The highest BCUT2D eigenvalue weighted by molar-refractivity contribution is 14.0. The van der Waals surface area contributed by atoms with E-state index < -0.39 is 0 Å². The van der Waals surface area contributed by atoms with Gasteiger partial charge < -0.3 is 19.7 Å². The Morgan fingerprint density at radius 3 is 2.50 bits per heavy atom. The lowest BCUT2D eigenvalue weighted by Gasteiger charge is -2.34. The molecular weight excluding hydrogens is 393 g/mol. The van der Waals surface area contributed by atoms with E-state index in [2.05, 4.69) is 29.1 Å². The van der Waals surface area contributed by atoms with Gasteiger partial charge in [-0.05, 0) is 38.5 Å². The number of guanidine groups is 1. The molecule has 0 radical (unpaired) electrons. The third-order valence-corrected chi connectivity index (χ3v) is 4.32. The molecule has 0 amide bonds. The number of aliphatic imine (C=N–C) groups is 1. The highest BCUT2D eigenvalue weighted by Gasteiger charge is 2.34. The van der Waals surface area contributed by atoms with E-state index in [1.165, 1.54) is 6.42 Å². The lowest BCUT2D eigenvalue weighted by atomic mass is 10.1. The van der Waals surface area contributed by atoms with Crippen LogP contribution in [0.25, 0.3) is 0 Å². The summed E-state index contributed by atoms with van der Waals surface area (Å²) in [5.74, 6) is 1.90. The Morgan fingerprint density at radius 1 is 1.27 bits per heavy atom. The molecule has 2 rings (SSSR count). The molecule has 2 unspecified atom stereocenters. The molecule has 0 aromatic heterocycles. The standard InChI is InChI=1S/C16H31N3O2.HI/c1-4-17-16(18-15-12-13(15)2)19-8-6-14(7-9-19)21-11-5-10-20-3;/h13-15H,4-12H2,1-3H3,(H,17,18);1H. The molecule has 2 fully saturated rings. The van der Waals surface area contributed by atoms with Crippen LogP contribution in [0.5, 0.6) is 0 Å². The summed E-state index contributed by atoms with van der Waals surface area (Å²) >= 11 is 0. The summed E-state index contributed by atoms with van der Waals surface area (Å²) < 4.78 is 11.0. The van der Waals surface area contributed by atoms with E-state index in [0.717, 1.165) is 64.0 Å². The smallest absolute Gasteiger partial charge is 0.194 e. The van der Waals surface area contributed by atoms with Crippen LogP contribution in [-0.4, -0.2) is 63.0 Å². The summed E-state index contributed by atoms with van der Waals surface area (Å²) in [7, 11) is 1.74. The molecular formula is C16H32IN3O2. The van der Waals surface area contributed by atoms with Gasteiger partial charge in [0.15, 0.2) is 5.96 Å². The molecule has 0 aromatic carbocycles.